The number of aliphatic hydroxyl groups is 1. The molecule has 17 aromatic heterocycles. The van der Waals surface area contributed by atoms with Crippen molar-refractivity contribution in [1.29, 1.82) is 0 Å². The number of rotatable bonds is 23. The first-order valence-electron chi connectivity index (χ1n) is 44.7. The number of fused-ring (bicyclic) bond motifs is 6. The van der Waals surface area contributed by atoms with Gasteiger partial charge in [0.2, 0.25) is 35.7 Å². The van der Waals surface area contributed by atoms with Crippen molar-refractivity contribution in [3.8, 4) is 0 Å². The van der Waals surface area contributed by atoms with Gasteiger partial charge >= 0.3 is 0 Å². The van der Waals surface area contributed by atoms with Crippen LogP contribution in [0.2, 0.25) is 0 Å². The van der Waals surface area contributed by atoms with Crippen LogP contribution in [0.1, 0.15) is 108 Å². The van der Waals surface area contributed by atoms with Crippen LogP contribution in [0.4, 0.5) is 69.8 Å². The van der Waals surface area contributed by atoms with Gasteiger partial charge in [-0.2, -0.15) is 30.6 Å². The Kier molecular flexibility index (Phi) is 34.8. The van der Waals surface area contributed by atoms with E-state index in [9.17, 15) is 0 Å². The number of hydrogen-bond donors (Lipinski definition) is 7. The molecule has 20 heterocycles. The second-order valence-corrected chi connectivity index (χ2v) is 44.8. The van der Waals surface area contributed by atoms with Gasteiger partial charge in [-0.1, -0.05) is 38.8 Å². The van der Waals surface area contributed by atoms with Crippen molar-refractivity contribution >= 4 is 291 Å². The predicted octanol–water partition coefficient (Wildman–Crippen LogP) is 22.4. The van der Waals surface area contributed by atoms with Gasteiger partial charge in [0.15, 0.2) is 0 Å². The molecule has 137 heavy (non-hydrogen) atoms. The Hall–Kier alpha value is -9.25. The molecule has 0 unspecified atom stereocenters. The Morgan fingerprint density at radius 2 is 0.693 bits per heavy atom. The Balaban J connectivity index is 0.000000119. The van der Waals surface area contributed by atoms with Gasteiger partial charge in [0.25, 0.3) is 0 Å². The zero-order valence-corrected chi connectivity index (χ0v) is 90.2. The number of aliphatic hydroxyl groups excluding tert-OH is 1. The average Bonchev–Trinajstić information content (AvgIpc) is 1.65. The zero-order chi connectivity index (χ0) is 94.5. The van der Waals surface area contributed by atoms with Gasteiger partial charge in [0, 0.05) is 123 Å². The van der Waals surface area contributed by atoms with Gasteiger partial charge in [-0.3, -0.25) is 33.0 Å². The third-order valence-electron chi connectivity index (χ3n) is 23.2. The second kappa shape index (κ2) is 47.3. The lowest BCUT2D eigenvalue weighted by atomic mass is 9.96. The van der Waals surface area contributed by atoms with Crippen LogP contribution in [-0.2, 0) is 26.7 Å². The molecule has 35 nitrogen and oxygen atoms in total. The monoisotopic (exact) mass is 2370 g/mol. The van der Waals surface area contributed by atoms with E-state index < -0.39 is 0 Å². The van der Waals surface area contributed by atoms with Gasteiger partial charge in [0.05, 0.1) is 185 Å². The quantitative estimate of drug-likeness (QED) is 0.0292. The molecule has 4 aliphatic rings. The molecule has 22 rings (SSSR count). The largest absolute Gasteiger partial charge is 0.394 e. The Labute approximate surface area is 868 Å². The highest BCUT2D eigenvalue weighted by atomic mass is 127. The van der Waals surface area contributed by atoms with E-state index in [0.717, 1.165) is 207 Å². The van der Waals surface area contributed by atoms with Crippen molar-refractivity contribution < 1.29 is 5.11 Å². The minimum Gasteiger partial charge on any atom is -0.394 e. The van der Waals surface area contributed by atoms with Crippen molar-refractivity contribution in [1.82, 2.24) is 138 Å². The molecule has 0 atom stereocenters. The standard InChI is InChI=1S/C17H22BrN7S.C17H21BrN6S.C17H18IN5.C16H19BrN6S.C12H12BrN5OS.C11H10BrN5S.CH4/c1-12-15(18)16-14(26-12)10-19-17(22-16)21-13-9-20-25(11-13)8-7-24-5-3-23(2)4-6-24;1-12-15(18)16-14(25-12)10-19-17(22-16)21-13-9-20-24(11-13)8-4-7-23-5-2-3-6-23;18-15-8-4-5-12-9-19-17(22-16(12)15)21-13-10-20-23(11-13)14-6-2-1-3-7-14;1-10-14(17)15-13(24-10)8-18-16(21-15)20-11-7-19-23(9-11)12-3-5-22(2)6-4-12;1-7-10(13)11-9(20-7)5-14-12(17-11)16-8-4-15-18(6-8)2-3-19;1-6-9(12)10-8(18-6)4-13-11(16-10)15-7-3-14-17(2)5-7;/h9-11H,3-8H2,1-2H3,(H,19,21,22);9-11H,2-8H2,1H3,(H,19,21,22);4-5,8-11,14H,1-3,6-7H2,(H,19,21,22);7-9,12H,3-6H2,1-2H3,(H,18,20,21);4-6,19H,2-3H2,1H3,(H,14,16,17);3-5H,1-2H3,(H,13,15,16);1H4. The molecular formula is C91H106Br5IN34OS5. The highest BCUT2D eigenvalue weighted by Crippen LogP contribution is 2.40. The molecule has 3 aliphatic heterocycles. The number of likely N-dealkylation sites (tertiary alicyclic amines) is 2. The number of piperidine rings is 1. The molecule has 0 radical (unpaired) electrons. The number of nitrogens with one attached hydrogen (secondary N) is 6. The van der Waals surface area contributed by atoms with Crippen molar-refractivity contribution in [2.24, 2.45) is 7.05 Å². The summed E-state index contributed by atoms with van der Waals surface area (Å²) in [4.78, 5) is 69.5. The van der Waals surface area contributed by atoms with Gasteiger partial charge in [-0.05, 0) is 235 Å². The molecule has 0 spiro atoms. The Morgan fingerprint density at radius 1 is 0.350 bits per heavy atom. The lowest BCUT2D eigenvalue weighted by Crippen LogP contribution is -2.45. The van der Waals surface area contributed by atoms with Crippen LogP contribution in [0.15, 0.2) is 152 Å². The lowest BCUT2D eigenvalue weighted by molar-refractivity contribution is 0.149. The van der Waals surface area contributed by atoms with E-state index in [1.54, 1.807) is 84.6 Å². The van der Waals surface area contributed by atoms with Crippen molar-refractivity contribution in [2.75, 3.05) is 118 Å². The summed E-state index contributed by atoms with van der Waals surface area (Å²) in [5.41, 5.74) is 11.1. The third-order valence-corrected chi connectivity index (χ3v) is 35.4. The fourth-order valence-electron chi connectivity index (χ4n) is 15.9. The molecular weight excluding hydrogens is 2270 g/mol. The fraction of sp³-hybridized carbons (Fsp3) is 0.385. The molecule has 1 aromatic carbocycles. The number of hydrogen-bond acceptors (Lipinski definition) is 34. The second-order valence-electron chi connectivity index (χ2n) is 33.4. The molecule has 46 heteroatoms. The SMILES string of the molecule is C.Cc1sc2cnc(Nc3cnn(C)c3)nc2c1Br.Cc1sc2cnc(Nc3cnn(C4CCN(C)CC4)c3)nc2c1Br.Cc1sc2cnc(Nc3cnn(CCCN4CCCC4)c3)nc2c1Br.Cc1sc2cnc(Nc3cnn(CCN4CCN(C)CC4)c3)nc2c1Br.Cc1sc2cnc(Nc3cnn(CCO)c3)nc2c1Br.Ic1cccc2cnc(Nc3cnn(C4CCCCC4)c3)nc12. The zero-order valence-electron chi connectivity index (χ0n) is 76.0. The van der Waals surface area contributed by atoms with Crippen LogP contribution in [0.3, 0.4) is 0 Å². The number of halogens is 6. The number of nitrogens with zero attached hydrogens (tertiary/aromatic N) is 28. The molecule has 4 fully saturated rings. The molecule has 18 aromatic rings. The minimum absolute atomic E-state index is 0. The fourth-order valence-corrected chi connectivity index (χ4v) is 24.2. The summed E-state index contributed by atoms with van der Waals surface area (Å²) in [6, 6.07) is 7.13. The number of aromatic nitrogens is 24. The van der Waals surface area contributed by atoms with Gasteiger partial charge < -0.3 is 51.7 Å². The normalized spacial score (nSPS) is 14.6. The van der Waals surface area contributed by atoms with Gasteiger partial charge in [-0.25, -0.2) is 59.8 Å². The van der Waals surface area contributed by atoms with E-state index in [4.69, 9.17) is 5.11 Å². The molecule has 7 N–H and O–H groups in total. The summed E-state index contributed by atoms with van der Waals surface area (Å²) < 4.78 is 23.2. The summed E-state index contributed by atoms with van der Waals surface area (Å²) in [7, 11) is 6.22. The predicted molar refractivity (Wildman–Crippen MR) is 581 cm³/mol. The third kappa shape index (κ3) is 26.3. The summed E-state index contributed by atoms with van der Waals surface area (Å²) in [6.07, 6.45) is 46.2. The maximum Gasteiger partial charge on any atom is 0.227 e. The van der Waals surface area contributed by atoms with Crippen LogP contribution >= 0.6 is 159 Å². The number of aryl methyl sites for hydroxylation is 7. The smallest absolute Gasteiger partial charge is 0.227 e. The summed E-state index contributed by atoms with van der Waals surface area (Å²) in [6.45, 7) is 24.2. The van der Waals surface area contributed by atoms with Gasteiger partial charge in [-0.15, -0.1) is 56.7 Å². The maximum absolute atomic E-state index is 8.86. The Morgan fingerprint density at radius 3 is 1.09 bits per heavy atom. The number of thiophene rings is 5. The summed E-state index contributed by atoms with van der Waals surface area (Å²) in [5.74, 6) is 3.51. The van der Waals surface area contributed by atoms with Crippen molar-refractivity contribution in [3.05, 3.63) is 180 Å². The van der Waals surface area contributed by atoms with E-state index in [2.05, 4.69) is 314 Å². The number of para-hydroxylation sites is 1. The van der Waals surface area contributed by atoms with E-state index in [1.165, 1.54) is 82.4 Å². The van der Waals surface area contributed by atoms with Crippen LogP contribution < -0.4 is 31.9 Å². The summed E-state index contributed by atoms with van der Waals surface area (Å²) >= 11 is 28.6. The molecule has 0 bridgehead atoms. The van der Waals surface area contributed by atoms with E-state index in [0.29, 0.717) is 54.3 Å². The van der Waals surface area contributed by atoms with Crippen LogP contribution in [-0.4, -0.2) is 229 Å². The highest BCUT2D eigenvalue weighted by molar-refractivity contribution is 14.1. The summed E-state index contributed by atoms with van der Waals surface area (Å²) in [5, 5.41) is 55.3. The molecule has 3 saturated heterocycles. The first-order valence-corrected chi connectivity index (χ1v) is 53.8. The van der Waals surface area contributed by atoms with Crippen LogP contribution in [0, 0.1) is 38.2 Å². The first kappa shape index (κ1) is 101. The average molecular weight is 2380 g/mol. The van der Waals surface area contributed by atoms with Gasteiger partial charge in [0.1, 0.15) is 27.6 Å². The maximum atomic E-state index is 8.86. The highest BCUT2D eigenvalue weighted by Gasteiger charge is 2.24. The number of piperazine rings is 1. The molecule has 1 saturated carbocycles. The molecule has 1 aliphatic carbocycles. The van der Waals surface area contributed by atoms with E-state index >= 15 is 0 Å². The molecule has 718 valence electrons. The Bertz CT molecular complexity index is 7070. The number of anilines is 12. The first-order chi connectivity index (χ1) is 66.0. The van der Waals surface area contributed by atoms with Crippen LogP contribution in [0.25, 0.3) is 62.0 Å². The van der Waals surface area contributed by atoms with Crippen molar-refractivity contribution in [2.45, 2.75) is 138 Å². The van der Waals surface area contributed by atoms with E-state index in [-0.39, 0.29) is 14.0 Å². The minimum atomic E-state index is 0. The van der Waals surface area contributed by atoms with E-state index in [1.807, 2.05) is 116 Å². The number of likely N-dealkylation sites (N-methyl/N-ethyl adjacent to an activating group) is 1. The van der Waals surface area contributed by atoms with Crippen molar-refractivity contribution in [3.63, 3.8) is 0 Å². The number of benzene rings is 1. The molecule has 0 amide bonds. The van der Waals surface area contributed by atoms with Crippen LogP contribution in [0.5, 0.6) is 0 Å². The lowest BCUT2D eigenvalue weighted by Gasteiger charge is -2.32. The topological polar surface area (TPSA) is 367 Å².